The average molecular weight is 479 g/mol. The first-order chi connectivity index (χ1) is 19.1. The Morgan fingerprint density at radius 2 is 1.42 bits per heavy atom. The molecule has 0 aliphatic heterocycles. The maximum atomic E-state index is 9.31. The quantitative estimate of drug-likeness (QED) is 0.223. The first-order valence-corrected chi connectivity index (χ1v) is 12.4. The van der Waals surface area contributed by atoms with Gasteiger partial charge in [0.05, 0.1) is 12.6 Å². The number of hydrogen-bond acceptors (Lipinski definition) is 0. The topological polar surface area (TPSA) is 8.81 Å². The van der Waals surface area contributed by atoms with E-state index in [9.17, 15) is 2.74 Å². The van der Waals surface area contributed by atoms with Gasteiger partial charge in [0.1, 0.15) is 5.69 Å². The van der Waals surface area contributed by atoms with E-state index in [1.54, 1.807) is 12.1 Å². The van der Waals surface area contributed by atoms with Crippen LogP contribution in [0, 0.1) is 13.8 Å². The second-order valence-corrected chi connectivity index (χ2v) is 10.0. The number of fused-ring (bicyclic) bond motifs is 1. The fourth-order valence-electron chi connectivity index (χ4n) is 5.19. The Balaban J connectivity index is 1.96. The molecule has 2 heteroatoms. The van der Waals surface area contributed by atoms with Crippen LogP contribution in [0.4, 0.5) is 0 Å². The lowest BCUT2D eigenvalue weighted by molar-refractivity contribution is -0.633. The molecule has 0 atom stereocenters. The average Bonchev–Trinajstić information content (AvgIpc) is 3.18. The maximum absolute atomic E-state index is 9.31. The molecule has 0 bridgehead atoms. The van der Waals surface area contributed by atoms with Crippen LogP contribution in [0.25, 0.3) is 39.2 Å². The SMILES string of the molecule is [2H]C([2H])([2H])c1ccc(-c2n(-c3c(C([2H])(C)C)cc(-c4ccccc4)cc3C([2H])(C)C)c3ccccc3[n+]2C)c(C)c1. The second kappa shape index (κ2) is 9.43. The van der Waals surface area contributed by atoms with Gasteiger partial charge in [0.15, 0.2) is 11.0 Å². The molecule has 0 spiro atoms. The van der Waals surface area contributed by atoms with Gasteiger partial charge < -0.3 is 0 Å². The molecule has 5 rings (SSSR count). The normalized spacial score (nSPS) is 14.7. The van der Waals surface area contributed by atoms with Gasteiger partial charge in [0.25, 0.3) is 5.82 Å². The van der Waals surface area contributed by atoms with Crippen LogP contribution in [0.3, 0.4) is 0 Å². The Kier molecular flexibility index (Phi) is 4.87. The molecule has 182 valence electrons. The Bertz CT molecular complexity index is 1720. The monoisotopic (exact) mass is 478 g/mol. The van der Waals surface area contributed by atoms with Gasteiger partial charge in [0.2, 0.25) is 0 Å². The van der Waals surface area contributed by atoms with Crippen LogP contribution < -0.4 is 4.57 Å². The summed E-state index contributed by atoms with van der Waals surface area (Å²) in [6.45, 7) is 7.31. The van der Waals surface area contributed by atoms with E-state index in [1.807, 2.05) is 78.1 Å². The van der Waals surface area contributed by atoms with E-state index in [0.717, 1.165) is 55.9 Å². The highest BCUT2D eigenvalue weighted by atomic mass is 15.2. The summed E-state index contributed by atoms with van der Waals surface area (Å²) >= 11 is 0. The molecule has 0 N–H and O–H groups in total. The van der Waals surface area contributed by atoms with Gasteiger partial charge in [-0.2, -0.15) is 4.57 Å². The van der Waals surface area contributed by atoms with Gasteiger partial charge in [0, 0.05) is 18.0 Å². The fraction of sp³-hybridized carbons (Fsp3) is 0.265. The van der Waals surface area contributed by atoms with Crippen molar-refractivity contribution >= 4 is 11.0 Å². The number of aromatic nitrogens is 2. The standard InChI is InChI=1S/C34H37N2/c1-22(2)29-20-27(26-13-9-8-10-14-26)21-30(23(3)4)33(29)36-32-16-12-11-15-31(32)35(7)34(36)28-18-17-24(5)19-25(28)6/h8-23H,1-7H3/q+1/i5D3,22D,23D. The van der Waals surface area contributed by atoms with Crippen molar-refractivity contribution in [2.24, 2.45) is 7.05 Å². The number of nitrogens with zero attached hydrogens (tertiary/aromatic N) is 2. The Hall–Kier alpha value is -3.65. The molecule has 4 aromatic carbocycles. The molecule has 0 aliphatic rings. The first kappa shape index (κ1) is 18.6. The number of aryl methyl sites for hydroxylation is 3. The molecule has 1 aromatic heterocycles. The molecule has 0 aliphatic carbocycles. The van der Waals surface area contributed by atoms with Crippen molar-refractivity contribution in [1.29, 1.82) is 0 Å². The molecule has 0 radical (unpaired) electrons. The van der Waals surface area contributed by atoms with Crippen LogP contribution in [0.15, 0.2) is 84.9 Å². The summed E-state index contributed by atoms with van der Waals surface area (Å²) in [5, 5.41) is 0. The molecular weight excluding hydrogens is 436 g/mol. The van der Waals surface area contributed by atoms with Crippen LogP contribution >= 0.6 is 0 Å². The number of rotatable bonds is 5. The summed E-state index contributed by atoms with van der Waals surface area (Å²) in [6, 6.07) is 27.7. The first-order valence-electron chi connectivity index (χ1n) is 14.9. The molecule has 2 nitrogen and oxygen atoms in total. The molecule has 0 saturated heterocycles. The van der Waals surface area contributed by atoms with E-state index in [-0.39, 0.29) is 0 Å². The third-order valence-electron chi connectivity index (χ3n) is 7.00. The van der Waals surface area contributed by atoms with E-state index in [4.69, 9.17) is 4.11 Å². The summed E-state index contributed by atoms with van der Waals surface area (Å²) in [4.78, 5) is 0. The van der Waals surface area contributed by atoms with Gasteiger partial charge in [-0.15, -0.1) is 0 Å². The smallest absolute Gasteiger partial charge is 0.225 e. The van der Waals surface area contributed by atoms with E-state index < -0.39 is 18.6 Å². The number of hydrogen-bond donors (Lipinski definition) is 0. The largest absolute Gasteiger partial charge is 0.295 e. The molecule has 1 heterocycles. The minimum atomic E-state index is -2.20. The van der Waals surface area contributed by atoms with Crippen LogP contribution in [0.2, 0.25) is 0 Å². The number of imidazole rings is 1. The summed E-state index contributed by atoms with van der Waals surface area (Å²) < 4.78 is 46.7. The van der Waals surface area contributed by atoms with Crippen molar-refractivity contribution in [3.05, 3.63) is 107 Å². The van der Waals surface area contributed by atoms with Gasteiger partial charge in [-0.3, -0.25) is 0 Å². The van der Waals surface area contributed by atoms with Crippen LogP contribution in [-0.2, 0) is 7.05 Å². The fourth-order valence-corrected chi connectivity index (χ4v) is 5.19. The van der Waals surface area contributed by atoms with Crippen LogP contribution in [-0.4, -0.2) is 4.57 Å². The highest BCUT2D eigenvalue weighted by molar-refractivity contribution is 5.82. The zero-order valence-electron chi connectivity index (χ0n) is 27.0. The number of benzene rings is 4. The highest BCUT2D eigenvalue weighted by Gasteiger charge is 2.31. The molecule has 0 amide bonds. The van der Waals surface area contributed by atoms with Gasteiger partial charge in [-0.25, -0.2) is 4.57 Å². The van der Waals surface area contributed by atoms with Crippen molar-refractivity contribution in [2.75, 3.05) is 0 Å². The lowest BCUT2D eigenvalue weighted by Crippen LogP contribution is -2.30. The predicted octanol–water partition coefficient (Wildman–Crippen LogP) is 8.65. The molecule has 36 heavy (non-hydrogen) atoms. The van der Waals surface area contributed by atoms with Gasteiger partial charge in [-0.1, -0.05) is 87.9 Å². The Morgan fingerprint density at radius 1 is 0.778 bits per heavy atom. The van der Waals surface area contributed by atoms with Crippen LogP contribution in [0.1, 0.15) is 68.6 Å². The summed E-state index contributed by atoms with van der Waals surface area (Å²) in [5.41, 5.74) is 8.44. The van der Waals surface area contributed by atoms with Gasteiger partial charge >= 0.3 is 0 Å². The lowest BCUT2D eigenvalue weighted by atomic mass is 9.88. The van der Waals surface area contributed by atoms with Crippen LogP contribution in [0.5, 0.6) is 0 Å². The zero-order valence-corrected chi connectivity index (χ0v) is 22.0. The van der Waals surface area contributed by atoms with E-state index in [2.05, 4.69) is 45.5 Å². The van der Waals surface area contributed by atoms with Crippen molar-refractivity contribution in [2.45, 2.75) is 53.3 Å². The van der Waals surface area contributed by atoms with E-state index in [1.165, 1.54) is 0 Å². The predicted molar refractivity (Wildman–Crippen MR) is 153 cm³/mol. The second-order valence-electron chi connectivity index (χ2n) is 10.0. The molecular formula is C34H37N2+. The minimum absolute atomic E-state index is 0.303. The zero-order chi connectivity index (χ0) is 29.9. The lowest BCUT2D eigenvalue weighted by Gasteiger charge is -2.21. The van der Waals surface area contributed by atoms with Crippen molar-refractivity contribution in [3.63, 3.8) is 0 Å². The molecule has 0 fully saturated rings. The third-order valence-corrected chi connectivity index (χ3v) is 7.00. The molecule has 5 aromatic rings. The Morgan fingerprint density at radius 3 is 2.03 bits per heavy atom. The van der Waals surface area contributed by atoms with Crippen molar-refractivity contribution in [1.82, 2.24) is 4.57 Å². The maximum Gasteiger partial charge on any atom is 0.295 e. The Labute approximate surface area is 222 Å². The highest BCUT2D eigenvalue weighted by Crippen LogP contribution is 2.40. The van der Waals surface area contributed by atoms with Crippen molar-refractivity contribution in [3.8, 4) is 28.2 Å². The third kappa shape index (κ3) is 4.05. The van der Waals surface area contributed by atoms with E-state index in [0.29, 0.717) is 5.56 Å². The summed E-state index contributed by atoms with van der Waals surface area (Å²) in [5.74, 6) is -1.10. The minimum Gasteiger partial charge on any atom is -0.225 e. The number of para-hydroxylation sites is 2. The van der Waals surface area contributed by atoms with Gasteiger partial charge in [-0.05, 0) is 72.6 Å². The summed E-state index contributed by atoms with van der Waals surface area (Å²) in [6.07, 6.45) is 0. The molecule has 0 saturated carbocycles. The summed E-state index contributed by atoms with van der Waals surface area (Å²) in [7, 11) is 2.01. The van der Waals surface area contributed by atoms with E-state index >= 15 is 0 Å². The van der Waals surface area contributed by atoms with Crippen molar-refractivity contribution < 1.29 is 11.4 Å². The molecule has 0 unspecified atom stereocenters.